The van der Waals surface area contributed by atoms with Crippen LogP contribution in [0.5, 0.6) is 5.75 Å². The van der Waals surface area contributed by atoms with Crippen LogP contribution in [0, 0.1) is 23.2 Å². The number of aliphatic carboxylic acids is 3. The van der Waals surface area contributed by atoms with E-state index in [4.69, 9.17) is 28.3 Å². The van der Waals surface area contributed by atoms with Crippen LogP contribution >= 0.6 is 0 Å². The third-order valence-electron chi connectivity index (χ3n) is 22.2. The fraction of sp³-hybridized carbons (Fsp3) is 0.557. The Balaban J connectivity index is 1.30. The molecule has 2 aromatic carbocycles. The van der Waals surface area contributed by atoms with Gasteiger partial charge in [0.2, 0.25) is 100 Å². The van der Waals surface area contributed by atoms with Crippen LogP contribution in [0.15, 0.2) is 79.6 Å². The van der Waals surface area contributed by atoms with Crippen molar-refractivity contribution in [3.05, 3.63) is 102 Å². The number of phenolic OH excluding ortho intramolecular Hbond substituents is 1. The molecule has 17 atom stereocenters. The molecule has 1 aliphatic heterocycles. The maximum Gasteiger partial charge on any atom is 0.326 e. The molecule has 0 unspecified atom stereocenters. The number of imidazole rings is 2. The predicted octanol–water partition coefficient (Wildman–Crippen LogP) is -8.22. The number of carboxylic acids is 3. The van der Waals surface area contributed by atoms with Gasteiger partial charge >= 0.3 is 17.9 Å². The summed E-state index contributed by atoms with van der Waals surface area (Å²) in [6.07, 6.45) is 1.28. The number of rotatable bonds is 62. The summed E-state index contributed by atoms with van der Waals surface area (Å²) in [5.41, 5.74) is 24.1. The van der Waals surface area contributed by atoms with Crippen LogP contribution in [0.3, 0.4) is 0 Å². The summed E-state index contributed by atoms with van der Waals surface area (Å²) < 4.78 is 0. The normalized spacial score (nSPS) is 15.7. The highest BCUT2D eigenvalue weighted by atomic mass is 16.4. The molecule has 5 rings (SSSR count). The minimum atomic E-state index is -2.16. The predicted molar refractivity (Wildman–Crippen MR) is 496 cm³/mol. The van der Waals surface area contributed by atoms with E-state index < -0.39 is 285 Å². The van der Waals surface area contributed by atoms with E-state index in [-0.39, 0.29) is 106 Å². The second-order valence-corrected chi connectivity index (χ2v) is 34.6. The van der Waals surface area contributed by atoms with Crippen molar-refractivity contribution < 1.29 is 127 Å². The Morgan fingerprint density at radius 2 is 0.893 bits per heavy atom. The molecule has 3 heterocycles. The largest absolute Gasteiger partial charge is 0.508 e. The Kier molecular flexibility index (Phi) is 48.5. The van der Waals surface area contributed by atoms with Gasteiger partial charge in [0.15, 0.2) is 5.96 Å². The molecule has 140 heavy (non-hydrogen) atoms. The van der Waals surface area contributed by atoms with Gasteiger partial charge in [-0.15, -0.1) is 0 Å². The number of aromatic nitrogens is 4. The Morgan fingerprint density at radius 1 is 0.464 bits per heavy atom. The Labute approximate surface area is 805 Å². The maximum atomic E-state index is 14.7. The quantitative estimate of drug-likeness (QED) is 0.0111. The molecule has 0 aliphatic carbocycles. The topological polar surface area (TPSA) is 844 Å². The molecule has 0 saturated carbocycles. The van der Waals surface area contributed by atoms with Gasteiger partial charge in [0.05, 0.1) is 69.1 Å². The molecule has 4 aromatic rings. The summed E-state index contributed by atoms with van der Waals surface area (Å²) in [6.45, 7) is 8.55. The van der Waals surface area contributed by atoms with Gasteiger partial charge < -0.3 is 154 Å². The number of primary amides is 1. The number of guanidine groups is 1. The van der Waals surface area contributed by atoms with E-state index in [1.807, 2.05) is 13.8 Å². The van der Waals surface area contributed by atoms with Crippen molar-refractivity contribution in [1.29, 1.82) is 5.41 Å². The van der Waals surface area contributed by atoms with Gasteiger partial charge in [-0.1, -0.05) is 90.4 Å². The molecule has 770 valence electrons. The van der Waals surface area contributed by atoms with Crippen molar-refractivity contribution in [2.24, 2.45) is 40.7 Å². The Bertz CT molecular complexity index is 4880. The van der Waals surface area contributed by atoms with Crippen molar-refractivity contribution in [3.8, 4) is 5.75 Å². The Hall–Kier alpha value is -14.8. The van der Waals surface area contributed by atoms with Gasteiger partial charge in [0.25, 0.3) is 0 Å². The first-order valence-electron chi connectivity index (χ1n) is 45.5. The number of nitrogens with two attached hydrogens (primary N) is 4. The van der Waals surface area contributed by atoms with Crippen LogP contribution < -0.4 is 108 Å². The van der Waals surface area contributed by atoms with Crippen LogP contribution in [-0.2, 0) is 122 Å². The Morgan fingerprint density at radius 3 is 1.38 bits per heavy atom. The number of hydrogen-bond donors (Lipinski definition) is 29. The van der Waals surface area contributed by atoms with Crippen LogP contribution in [0.1, 0.15) is 154 Å². The van der Waals surface area contributed by atoms with Gasteiger partial charge in [-0.3, -0.25) is 96.5 Å². The van der Waals surface area contributed by atoms with E-state index >= 15 is 0 Å². The summed E-state index contributed by atoms with van der Waals surface area (Å²) in [5, 5.41) is 106. The van der Waals surface area contributed by atoms with E-state index in [0.29, 0.717) is 24.0 Å². The molecule has 1 aliphatic rings. The fourth-order valence-corrected chi connectivity index (χ4v) is 14.5. The number of aromatic amines is 2. The van der Waals surface area contributed by atoms with Crippen molar-refractivity contribution >= 4 is 124 Å². The summed E-state index contributed by atoms with van der Waals surface area (Å²) >= 11 is 0. The third kappa shape index (κ3) is 40.1. The number of carboxylic acid groups (broad SMARTS) is 3. The van der Waals surface area contributed by atoms with Crippen LogP contribution in [0.25, 0.3) is 0 Å². The number of carbonyl (C=O) groups is 20. The molecule has 1 saturated heterocycles. The van der Waals surface area contributed by atoms with E-state index in [1.165, 1.54) is 68.1 Å². The molecule has 52 nitrogen and oxygen atoms in total. The first kappa shape index (κ1) is 116. The zero-order chi connectivity index (χ0) is 104. The molecule has 2 aromatic heterocycles. The molecule has 0 bridgehead atoms. The SMILES string of the molecule is CC[C@H](C)[C@H](NC(=O)[C@H](C)NC(=O)[C@H](Cc1c[nH]cn1)NC(=O)[C@@H]1CCCN1C(=O)CNC(=O)[C@H](CC(C)C)NC(=O)[C@H](CC(C)C)NC(=O)[C@@H](N)Cc1ccc(O)cc1)C(=O)N[C@@H](CC(=O)O)C(=O)N[C@@H](CC(N)=O)C(=O)N[C@@H](Cc1c[nH]cn1)C(=O)N[C@@H](CCCNC(=N)N)C(=O)N[C@@H](CO)C(=O)N[C@@H](Cc1ccccc1)C(=O)N[C@@H](CO)C(=O)N[C@@H](CC(=O)O)C(=O)N[C@@H](CCCCN)C(=O)O. The standard InChI is InChI=1S/C88H132N26O26/c1-8-46(6)71(113-72(124)47(7)100-76(128)59(32-50-37-94-42-98-50)109-85(137)66-20-15-27-114(66)68(119)39-97-74(126)56(28-44(2)3)104-77(129)57(29-45(4)5)103-73(125)53(90)30-49-21-23-52(117)24-22-49)86(138)110-63(36-70(122)123)82(134)107-61(34-67(91)118)80(132)106-60(33-51-38-95-43-99-51)79(131)101-54(19-14-26-96-88(92)93)75(127)111-64(40-115)83(135)105-58(31-48-16-10-9-11-17-48)78(130)112-65(41-116)84(136)108-62(35-69(120)121)81(133)102-55(87(139)140)18-12-13-25-89/h9-11,16-17,21-24,37-38,42-47,53-66,71,115-117H,8,12-15,18-20,25-36,39-41,89-90H2,1-7H3,(H2,91,118)(H,94,98)(H,95,99)(H,97,126)(H,100,128)(H,101,131)(H,102,133)(H,103,125)(H,104,129)(H,105,135)(H,106,132)(H,107,134)(H,108,136)(H,109,137)(H,110,138)(H,111,127)(H,112,130)(H,113,124)(H,120,121)(H,122,123)(H,139,140)(H4,92,93,96)/t46-,47-,53-,54-,55-,56-,57-,58-,59-,60-,61-,62-,63-,64-,65-,66-,71-/m0/s1. The zero-order valence-corrected chi connectivity index (χ0v) is 78.7. The number of nitrogens with zero attached hydrogens (tertiary/aromatic N) is 3. The van der Waals surface area contributed by atoms with Crippen LogP contribution in [0.4, 0.5) is 0 Å². The number of unbranched alkanes of at least 4 members (excludes halogenated alkanes) is 1. The van der Waals surface area contributed by atoms with Gasteiger partial charge in [0.1, 0.15) is 96.4 Å². The highest BCUT2D eigenvalue weighted by molar-refractivity contribution is 6.02. The molecular weight excluding hydrogens is 1840 g/mol. The van der Waals surface area contributed by atoms with E-state index in [0.717, 1.165) is 0 Å². The number of aromatic hydroxyl groups is 1. The van der Waals surface area contributed by atoms with E-state index in [1.54, 1.807) is 51.1 Å². The van der Waals surface area contributed by atoms with Gasteiger partial charge in [-0.05, 0) is 119 Å². The molecule has 17 amide bonds. The van der Waals surface area contributed by atoms with Crippen molar-refractivity contribution in [2.75, 3.05) is 39.4 Å². The van der Waals surface area contributed by atoms with E-state index in [2.05, 4.69) is 105 Å². The lowest BCUT2D eigenvalue weighted by atomic mass is 9.97. The number of aliphatic hydroxyl groups excluding tert-OH is 2. The van der Waals surface area contributed by atoms with Gasteiger partial charge in [-0.25, -0.2) is 14.8 Å². The van der Waals surface area contributed by atoms with E-state index in [9.17, 15) is 127 Å². The zero-order valence-electron chi connectivity index (χ0n) is 78.7. The number of nitrogens with one attached hydrogen (secondary N) is 19. The molecule has 0 radical (unpaired) electrons. The second kappa shape index (κ2) is 58.7. The second-order valence-electron chi connectivity index (χ2n) is 34.6. The molecule has 0 spiro atoms. The smallest absolute Gasteiger partial charge is 0.326 e. The average molecular weight is 1970 g/mol. The van der Waals surface area contributed by atoms with Crippen LogP contribution in [0.2, 0.25) is 0 Å². The number of likely N-dealkylation sites (tertiary alicyclic amines) is 1. The highest BCUT2D eigenvalue weighted by Crippen LogP contribution is 2.21. The van der Waals surface area contributed by atoms with Crippen LogP contribution in [-0.4, -0.2) is 316 Å². The lowest BCUT2D eigenvalue weighted by Gasteiger charge is -2.29. The third-order valence-corrected chi connectivity index (χ3v) is 22.2. The summed E-state index contributed by atoms with van der Waals surface area (Å²) in [4.78, 5) is 291. The fourth-order valence-electron chi connectivity index (χ4n) is 14.5. The molecular formula is C88H132N26O26. The lowest BCUT2D eigenvalue weighted by molar-refractivity contribution is -0.144. The molecule has 52 heteroatoms. The summed E-state index contributed by atoms with van der Waals surface area (Å²) in [6, 6.07) is -12.8. The van der Waals surface area contributed by atoms with Crippen molar-refractivity contribution in [3.63, 3.8) is 0 Å². The first-order chi connectivity index (χ1) is 66.2. The number of amides is 17. The maximum absolute atomic E-state index is 14.7. The molecule has 1 fully saturated rings. The first-order valence-corrected chi connectivity index (χ1v) is 45.5. The number of phenols is 1. The lowest BCUT2D eigenvalue weighted by Crippen LogP contribution is -2.62. The number of H-pyrrole nitrogens is 2. The van der Waals surface area contributed by atoms with Gasteiger partial charge in [-0.2, -0.15) is 0 Å². The summed E-state index contributed by atoms with van der Waals surface area (Å²) in [5.74, 6) is -25.0. The minimum absolute atomic E-state index is 0.0167. The molecule has 33 N–H and O–H groups in total. The van der Waals surface area contributed by atoms with Crippen molar-refractivity contribution in [2.45, 2.75) is 254 Å². The number of benzene rings is 2. The number of carbonyl (C=O) groups excluding carboxylic acids is 17. The minimum Gasteiger partial charge on any atom is -0.508 e. The average Bonchev–Trinajstić information content (AvgIpc) is 1.66. The monoisotopic (exact) mass is 1970 g/mol. The number of hydrogen-bond acceptors (Lipinski definition) is 28. The van der Waals surface area contributed by atoms with Crippen molar-refractivity contribution in [1.82, 2.24) is 110 Å². The summed E-state index contributed by atoms with van der Waals surface area (Å²) in [7, 11) is 0. The highest BCUT2D eigenvalue weighted by Gasteiger charge is 2.42. The number of aliphatic hydroxyl groups is 2. The van der Waals surface area contributed by atoms with Gasteiger partial charge in [0, 0.05) is 44.7 Å².